The number of hydrogen-bond acceptors (Lipinski definition) is 3. The van der Waals surface area contributed by atoms with Crippen molar-refractivity contribution in [2.45, 2.75) is 26.7 Å². The molecular weight excluding hydrogens is 200 g/mol. The number of ketones is 1. The third kappa shape index (κ3) is 3.56. The molecule has 3 heteroatoms. The van der Waals surface area contributed by atoms with Crippen molar-refractivity contribution < 1.29 is 4.79 Å². The topological polar surface area (TPSA) is 23.6 Å². The largest absolute Gasteiger partial charge is 0.308 e. The molecule has 0 amide bonds. The molecule has 0 spiro atoms. The number of carbonyl (C=O) groups excluding carboxylic acids is 1. The zero-order chi connectivity index (χ0) is 12.3. The van der Waals surface area contributed by atoms with Crippen molar-refractivity contribution in [2.75, 3.05) is 40.8 Å². The fourth-order valence-electron chi connectivity index (χ4n) is 2.35. The molecule has 94 valence electrons. The fourth-order valence-corrected chi connectivity index (χ4v) is 2.35. The van der Waals surface area contributed by atoms with Gasteiger partial charge >= 0.3 is 0 Å². The van der Waals surface area contributed by atoms with E-state index in [-0.39, 0.29) is 11.3 Å². The van der Waals surface area contributed by atoms with Crippen LogP contribution in [0.4, 0.5) is 0 Å². The van der Waals surface area contributed by atoms with Crippen LogP contribution in [0.25, 0.3) is 0 Å². The van der Waals surface area contributed by atoms with Crippen LogP contribution in [-0.4, -0.2) is 56.4 Å². The van der Waals surface area contributed by atoms with Gasteiger partial charge in [0.1, 0.15) is 5.78 Å². The average molecular weight is 226 g/mol. The maximum atomic E-state index is 12.1. The number of carbonyl (C=O) groups is 1. The molecule has 0 saturated heterocycles. The summed E-state index contributed by atoms with van der Waals surface area (Å²) >= 11 is 0. The normalized spacial score (nSPS) is 24.7. The lowest BCUT2D eigenvalue weighted by atomic mass is 9.89. The summed E-state index contributed by atoms with van der Waals surface area (Å²) in [6.45, 7) is 7.18. The van der Waals surface area contributed by atoms with Crippen LogP contribution in [0.3, 0.4) is 0 Å². The van der Waals surface area contributed by atoms with Crippen LogP contribution in [0.15, 0.2) is 0 Å². The van der Waals surface area contributed by atoms with Gasteiger partial charge in [0, 0.05) is 31.0 Å². The van der Waals surface area contributed by atoms with E-state index in [0.29, 0.717) is 5.78 Å². The SMILES string of the molecule is CN(C)CCN(C)CC1CCC(C)(C)C1=O. The first-order valence-electron chi connectivity index (χ1n) is 6.20. The van der Waals surface area contributed by atoms with Gasteiger partial charge in [-0.2, -0.15) is 0 Å². The lowest BCUT2D eigenvalue weighted by molar-refractivity contribution is -0.127. The number of rotatable bonds is 5. The van der Waals surface area contributed by atoms with Crippen LogP contribution in [0.2, 0.25) is 0 Å². The summed E-state index contributed by atoms with van der Waals surface area (Å²) < 4.78 is 0. The molecule has 0 aromatic heterocycles. The third-order valence-electron chi connectivity index (χ3n) is 3.62. The number of Topliss-reactive ketones (excluding diaryl/α,β-unsaturated/α-hetero) is 1. The molecule has 0 radical (unpaired) electrons. The van der Waals surface area contributed by atoms with Gasteiger partial charge in [-0.3, -0.25) is 4.79 Å². The predicted molar refractivity (Wildman–Crippen MR) is 67.6 cm³/mol. The minimum absolute atomic E-state index is 0.0763. The van der Waals surface area contributed by atoms with E-state index in [0.717, 1.165) is 32.5 Å². The molecule has 0 aromatic carbocycles. The molecule has 1 aliphatic carbocycles. The maximum absolute atomic E-state index is 12.1. The summed E-state index contributed by atoms with van der Waals surface area (Å²) in [7, 11) is 6.28. The highest BCUT2D eigenvalue weighted by Crippen LogP contribution is 2.37. The first-order valence-corrected chi connectivity index (χ1v) is 6.20. The molecule has 1 atom stereocenters. The molecule has 16 heavy (non-hydrogen) atoms. The first kappa shape index (κ1) is 13.7. The second-order valence-electron chi connectivity index (χ2n) is 6.05. The lowest BCUT2D eigenvalue weighted by Gasteiger charge is -2.23. The highest BCUT2D eigenvalue weighted by molar-refractivity contribution is 5.88. The molecular formula is C13H26N2O. The molecule has 0 heterocycles. The van der Waals surface area contributed by atoms with Crippen molar-refractivity contribution in [2.24, 2.45) is 11.3 Å². The van der Waals surface area contributed by atoms with Gasteiger partial charge in [0.05, 0.1) is 0 Å². The van der Waals surface area contributed by atoms with Crippen LogP contribution >= 0.6 is 0 Å². The van der Waals surface area contributed by atoms with Crippen LogP contribution in [0.1, 0.15) is 26.7 Å². The Hall–Kier alpha value is -0.410. The van der Waals surface area contributed by atoms with Gasteiger partial charge in [0.2, 0.25) is 0 Å². The van der Waals surface area contributed by atoms with Crippen molar-refractivity contribution in [1.29, 1.82) is 0 Å². The Bertz CT molecular complexity index is 248. The van der Waals surface area contributed by atoms with E-state index in [1.807, 2.05) is 0 Å². The average Bonchev–Trinajstić information content (AvgIpc) is 2.42. The monoisotopic (exact) mass is 226 g/mol. The van der Waals surface area contributed by atoms with Crippen LogP contribution in [-0.2, 0) is 4.79 Å². The Kier molecular flexibility index (Phi) is 4.51. The Morgan fingerprint density at radius 3 is 2.31 bits per heavy atom. The van der Waals surface area contributed by atoms with Gasteiger partial charge in [-0.25, -0.2) is 0 Å². The summed E-state index contributed by atoms with van der Waals surface area (Å²) in [6, 6.07) is 0. The first-order chi connectivity index (χ1) is 7.33. The Morgan fingerprint density at radius 1 is 1.25 bits per heavy atom. The van der Waals surface area contributed by atoms with Gasteiger partial charge in [0.15, 0.2) is 0 Å². The summed E-state index contributed by atoms with van der Waals surface area (Å²) in [4.78, 5) is 16.5. The molecule has 1 rings (SSSR count). The van der Waals surface area contributed by atoms with Crippen molar-refractivity contribution >= 4 is 5.78 Å². The van der Waals surface area contributed by atoms with E-state index in [1.54, 1.807) is 0 Å². The molecule has 1 unspecified atom stereocenters. The van der Waals surface area contributed by atoms with E-state index >= 15 is 0 Å². The van der Waals surface area contributed by atoms with E-state index in [2.05, 4.69) is 44.8 Å². The number of likely N-dealkylation sites (N-methyl/N-ethyl adjacent to an activating group) is 2. The molecule has 0 bridgehead atoms. The van der Waals surface area contributed by atoms with Gasteiger partial charge in [0.25, 0.3) is 0 Å². The molecule has 1 aliphatic rings. The summed E-state index contributed by atoms with van der Waals surface area (Å²) in [5, 5.41) is 0. The Balaban J connectivity index is 2.35. The molecule has 0 N–H and O–H groups in total. The van der Waals surface area contributed by atoms with E-state index in [9.17, 15) is 4.79 Å². The van der Waals surface area contributed by atoms with Gasteiger partial charge in [-0.05, 0) is 34.0 Å². The predicted octanol–water partition coefficient (Wildman–Crippen LogP) is 1.49. The maximum Gasteiger partial charge on any atom is 0.142 e. The highest BCUT2D eigenvalue weighted by Gasteiger charge is 2.40. The van der Waals surface area contributed by atoms with E-state index < -0.39 is 0 Å². The second kappa shape index (κ2) is 5.28. The summed E-state index contributed by atoms with van der Waals surface area (Å²) in [5.41, 5.74) is -0.0763. The van der Waals surface area contributed by atoms with E-state index in [1.165, 1.54) is 0 Å². The highest BCUT2D eigenvalue weighted by atomic mass is 16.1. The zero-order valence-corrected chi connectivity index (χ0v) is 11.4. The summed E-state index contributed by atoms with van der Waals surface area (Å²) in [5.74, 6) is 0.728. The lowest BCUT2D eigenvalue weighted by Crippen LogP contribution is -2.35. The molecule has 0 aliphatic heterocycles. The second-order valence-corrected chi connectivity index (χ2v) is 6.05. The van der Waals surface area contributed by atoms with Crippen molar-refractivity contribution in [1.82, 2.24) is 9.80 Å². The van der Waals surface area contributed by atoms with Crippen molar-refractivity contribution in [3.05, 3.63) is 0 Å². The quantitative estimate of drug-likeness (QED) is 0.709. The summed E-state index contributed by atoms with van der Waals surface area (Å²) in [6.07, 6.45) is 2.12. The molecule has 1 saturated carbocycles. The molecule has 1 fully saturated rings. The van der Waals surface area contributed by atoms with Crippen LogP contribution in [0, 0.1) is 11.3 Å². The third-order valence-corrected chi connectivity index (χ3v) is 3.62. The van der Waals surface area contributed by atoms with E-state index in [4.69, 9.17) is 0 Å². The Labute approximate surface area is 99.8 Å². The van der Waals surface area contributed by atoms with Crippen molar-refractivity contribution in [3.8, 4) is 0 Å². The van der Waals surface area contributed by atoms with Gasteiger partial charge in [-0.1, -0.05) is 13.8 Å². The molecule has 3 nitrogen and oxygen atoms in total. The van der Waals surface area contributed by atoms with Crippen LogP contribution in [0.5, 0.6) is 0 Å². The number of hydrogen-bond donors (Lipinski definition) is 0. The van der Waals surface area contributed by atoms with Gasteiger partial charge in [-0.15, -0.1) is 0 Å². The molecule has 0 aromatic rings. The number of nitrogens with zero attached hydrogens (tertiary/aromatic N) is 2. The smallest absolute Gasteiger partial charge is 0.142 e. The standard InChI is InChI=1S/C13H26N2O/c1-13(2)7-6-11(12(13)16)10-15(5)9-8-14(3)4/h11H,6-10H2,1-5H3. The fraction of sp³-hybridized carbons (Fsp3) is 0.923. The van der Waals surface area contributed by atoms with Gasteiger partial charge < -0.3 is 9.80 Å². The van der Waals surface area contributed by atoms with Crippen molar-refractivity contribution in [3.63, 3.8) is 0 Å². The minimum Gasteiger partial charge on any atom is -0.308 e. The minimum atomic E-state index is -0.0763. The van der Waals surface area contributed by atoms with Crippen LogP contribution < -0.4 is 0 Å². The Morgan fingerprint density at radius 2 is 1.88 bits per heavy atom. The zero-order valence-electron chi connectivity index (χ0n) is 11.4.